The maximum Gasteiger partial charge on any atom is 0.344 e. The number of aromatic nitrogens is 4. The normalized spacial score (nSPS) is 10.5. The van der Waals surface area contributed by atoms with E-state index in [4.69, 9.17) is 21.1 Å². The van der Waals surface area contributed by atoms with E-state index in [0.717, 1.165) is 11.8 Å². The summed E-state index contributed by atoms with van der Waals surface area (Å²) in [7, 11) is 1.44. The third-order valence-electron chi connectivity index (χ3n) is 3.24. The minimum Gasteiger partial charge on any atom is -0.481 e. The summed E-state index contributed by atoms with van der Waals surface area (Å²) in [6.07, 6.45) is 0. The number of rotatable bonds is 6. The molecular weight excluding hydrogens is 420 g/mol. The van der Waals surface area contributed by atoms with Gasteiger partial charge in [-0.1, -0.05) is 11.6 Å². The SMILES string of the molecule is COC(=O)c1c(Cl)nn(C)c1N(C(=O)Nc1nc(OC)cc(OC)n1)[SH](=O)=O. The molecule has 28 heavy (non-hydrogen) atoms. The summed E-state index contributed by atoms with van der Waals surface area (Å²) in [6.45, 7) is 0. The number of urea groups is 1. The number of carbonyl (C=O) groups excluding carboxylic acids is 2. The van der Waals surface area contributed by atoms with Crippen LogP contribution in [0.15, 0.2) is 6.07 Å². The quantitative estimate of drug-likeness (QED) is 0.476. The number of nitrogens with one attached hydrogen (secondary N) is 1. The summed E-state index contributed by atoms with van der Waals surface area (Å²) in [6, 6.07) is 0.133. The molecule has 0 aliphatic heterocycles. The molecule has 2 aromatic rings. The van der Waals surface area contributed by atoms with Gasteiger partial charge in [0.05, 0.1) is 27.4 Å². The summed E-state index contributed by atoms with van der Waals surface area (Å²) in [4.78, 5) is 32.3. The van der Waals surface area contributed by atoms with Crippen LogP contribution < -0.4 is 19.1 Å². The molecule has 2 rings (SSSR count). The molecular formula is C13H15ClN6O7S. The molecule has 1 N–H and O–H groups in total. The van der Waals surface area contributed by atoms with Crippen LogP contribution in [0.5, 0.6) is 11.8 Å². The van der Waals surface area contributed by atoms with E-state index < -0.39 is 34.3 Å². The smallest absolute Gasteiger partial charge is 0.344 e. The Labute approximate surface area is 165 Å². The Bertz CT molecular complexity index is 962. The van der Waals surface area contributed by atoms with Gasteiger partial charge in [0.25, 0.3) is 0 Å². The standard InChI is InChI=1S/C13H15ClN6O7S/c1-19-10(8(9(14)18-19)11(21)27-4)20(28(23)24)13(22)17-12-15-6(25-2)5-7(16-12)26-3/h5,28H,1-4H3,(H,15,16,17,22). The fraction of sp³-hybridized carbons (Fsp3) is 0.308. The molecule has 15 heteroatoms. The maximum atomic E-state index is 12.6. The topological polar surface area (TPSA) is 155 Å². The zero-order valence-electron chi connectivity index (χ0n) is 15.0. The highest BCUT2D eigenvalue weighted by Crippen LogP contribution is 2.28. The third kappa shape index (κ3) is 4.23. The second-order valence-electron chi connectivity index (χ2n) is 4.86. The Balaban J connectivity index is 2.49. The lowest BCUT2D eigenvalue weighted by atomic mass is 10.3. The monoisotopic (exact) mass is 434 g/mol. The molecule has 0 aromatic carbocycles. The van der Waals surface area contributed by atoms with Crippen LogP contribution in [-0.4, -0.2) is 61.5 Å². The van der Waals surface area contributed by atoms with Crippen LogP contribution >= 0.6 is 11.6 Å². The molecule has 0 saturated heterocycles. The second-order valence-corrected chi connectivity index (χ2v) is 6.09. The Morgan fingerprint density at radius 1 is 1.18 bits per heavy atom. The van der Waals surface area contributed by atoms with Crippen molar-refractivity contribution in [2.45, 2.75) is 0 Å². The highest BCUT2D eigenvalue weighted by Gasteiger charge is 2.32. The lowest BCUT2D eigenvalue weighted by Crippen LogP contribution is -2.36. The lowest BCUT2D eigenvalue weighted by Gasteiger charge is -2.17. The van der Waals surface area contributed by atoms with Crippen LogP contribution in [0.2, 0.25) is 5.15 Å². The Hall–Kier alpha value is -3.13. The average molecular weight is 435 g/mol. The van der Waals surface area contributed by atoms with E-state index >= 15 is 0 Å². The molecule has 0 aliphatic rings. The van der Waals surface area contributed by atoms with E-state index in [1.165, 1.54) is 27.3 Å². The predicted molar refractivity (Wildman–Crippen MR) is 96.5 cm³/mol. The molecule has 0 radical (unpaired) electrons. The van der Waals surface area contributed by atoms with Gasteiger partial charge in [0.2, 0.25) is 28.6 Å². The summed E-state index contributed by atoms with van der Waals surface area (Å²) >= 11 is 5.87. The van der Waals surface area contributed by atoms with Gasteiger partial charge >= 0.3 is 12.0 Å². The zero-order chi connectivity index (χ0) is 21.0. The molecule has 13 nitrogen and oxygen atoms in total. The van der Waals surface area contributed by atoms with Gasteiger partial charge < -0.3 is 14.2 Å². The molecule has 0 fully saturated rings. The van der Waals surface area contributed by atoms with Crippen molar-refractivity contribution in [2.75, 3.05) is 31.0 Å². The predicted octanol–water partition coefficient (Wildman–Crippen LogP) is 0.232. The molecule has 2 heterocycles. The number of esters is 1. The largest absolute Gasteiger partial charge is 0.481 e. The first-order valence-electron chi connectivity index (χ1n) is 7.26. The highest BCUT2D eigenvalue weighted by molar-refractivity contribution is 7.75. The van der Waals surface area contributed by atoms with Crippen molar-refractivity contribution < 1.29 is 32.2 Å². The van der Waals surface area contributed by atoms with E-state index in [-0.39, 0.29) is 27.2 Å². The van der Waals surface area contributed by atoms with E-state index in [1.54, 1.807) is 0 Å². The number of amides is 2. The molecule has 2 aromatic heterocycles. The highest BCUT2D eigenvalue weighted by atomic mass is 35.5. The number of nitrogens with zero attached hydrogens (tertiary/aromatic N) is 5. The van der Waals surface area contributed by atoms with Gasteiger partial charge in [0, 0.05) is 7.05 Å². The molecule has 2 amide bonds. The van der Waals surface area contributed by atoms with Crippen LogP contribution in [0, 0.1) is 0 Å². The summed E-state index contributed by atoms with van der Waals surface area (Å²) in [5.74, 6) is -1.61. The molecule has 152 valence electrons. The summed E-state index contributed by atoms with van der Waals surface area (Å²) in [5, 5.41) is 5.58. The van der Waals surface area contributed by atoms with Crippen molar-refractivity contribution in [3.05, 3.63) is 16.8 Å². The second kappa shape index (κ2) is 8.71. The van der Waals surface area contributed by atoms with Crippen molar-refractivity contribution in [1.29, 1.82) is 0 Å². The number of halogens is 1. The Kier molecular flexibility index (Phi) is 6.58. The number of carbonyl (C=O) groups is 2. The van der Waals surface area contributed by atoms with Gasteiger partial charge in [-0.2, -0.15) is 19.4 Å². The van der Waals surface area contributed by atoms with Crippen molar-refractivity contribution in [2.24, 2.45) is 7.05 Å². The Morgan fingerprint density at radius 2 is 1.75 bits per heavy atom. The average Bonchev–Trinajstić information content (AvgIpc) is 2.94. The van der Waals surface area contributed by atoms with Crippen molar-refractivity contribution in [3.8, 4) is 11.8 Å². The molecule has 0 aliphatic carbocycles. The molecule has 0 atom stereocenters. The van der Waals surface area contributed by atoms with Gasteiger partial charge in [0.1, 0.15) is 5.56 Å². The molecule has 0 saturated carbocycles. The number of aryl methyl sites for hydroxylation is 1. The van der Waals surface area contributed by atoms with Gasteiger partial charge in [-0.3, -0.25) is 5.32 Å². The fourth-order valence-electron chi connectivity index (χ4n) is 2.07. The molecule has 0 unspecified atom stereocenters. The minimum absolute atomic E-state index is 0.0547. The van der Waals surface area contributed by atoms with Crippen LogP contribution in [0.25, 0.3) is 0 Å². The summed E-state index contributed by atoms with van der Waals surface area (Å²) < 4.78 is 39.2. The third-order valence-corrected chi connectivity index (χ3v) is 4.20. The lowest BCUT2D eigenvalue weighted by molar-refractivity contribution is 0.0602. The molecule has 0 spiro atoms. The van der Waals surface area contributed by atoms with Crippen molar-refractivity contribution in [3.63, 3.8) is 0 Å². The molecule has 0 bridgehead atoms. The fourth-order valence-corrected chi connectivity index (χ4v) is 2.93. The Morgan fingerprint density at radius 3 is 2.21 bits per heavy atom. The van der Waals surface area contributed by atoms with Gasteiger partial charge in [-0.25, -0.2) is 22.7 Å². The number of hydrogen-bond acceptors (Lipinski definition) is 10. The number of anilines is 2. The number of thiol groups is 1. The number of methoxy groups -OCH3 is 3. The van der Waals surface area contributed by atoms with Crippen LogP contribution in [0.3, 0.4) is 0 Å². The van der Waals surface area contributed by atoms with Crippen LogP contribution in [0.1, 0.15) is 10.4 Å². The van der Waals surface area contributed by atoms with Gasteiger partial charge in [-0.15, -0.1) is 0 Å². The van der Waals surface area contributed by atoms with Gasteiger partial charge in [0.15, 0.2) is 11.0 Å². The van der Waals surface area contributed by atoms with Crippen LogP contribution in [0.4, 0.5) is 16.6 Å². The van der Waals surface area contributed by atoms with Crippen LogP contribution in [-0.2, 0) is 22.7 Å². The van der Waals surface area contributed by atoms with E-state index in [1.807, 2.05) is 0 Å². The van der Waals surface area contributed by atoms with E-state index in [9.17, 15) is 18.0 Å². The van der Waals surface area contributed by atoms with Gasteiger partial charge in [-0.05, 0) is 0 Å². The maximum absolute atomic E-state index is 12.6. The van der Waals surface area contributed by atoms with E-state index in [2.05, 4.69) is 25.1 Å². The number of ether oxygens (including phenoxy) is 3. The zero-order valence-corrected chi connectivity index (χ0v) is 16.6. The first-order valence-corrected chi connectivity index (χ1v) is 8.77. The van der Waals surface area contributed by atoms with E-state index in [0.29, 0.717) is 0 Å². The first kappa shape index (κ1) is 21.2. The summed E-state index contributed by atoms with van der Waals surface area (Å²) in [5.41, 5.74) is -0.412. The first-order chi connectivity index (χ1) is 13.2. The number of hydrogen-bond donors (Lipinski definition) is 2. The van der Waals surface area contributed by atoms with Crippen molar-refractivity contribution >= 4 is 46.3 Å². The van der Waals surface area contributed by atoms with Crippen molar-refractivity contribution in [1.82, 2.24) is 19.7 Å². The minimum atomic E-state index is -3.57.